The van der Waals surface area contributed by atoms with Crippen LogP contribution in [0.3, 0.4) is 0 Å². The summed E-state index contributed by atoms with van der Waals surface area (Å²) in [5.41, 5.74) is 1.31. The molecule has 0 aromatic carbocycles. The number of carbonyl (C=O) groups excluding carboxylic acids is 1. The summed E-state index contributed by atoms with van der Waals surface area (Å²) in [5.74, 6) is -0.157. The lowest BCUT2D eigenvalue weighted by Gasteiger charge is -2.31. The molecule has 28 heavy (non-hydrogen) atoms. The van der Waals surface area contributed by atoms with Crippen LogP contribution in [0.4, 0.5) is 15.0 Å². The van der Waals surface area contributed by atoms with Crippen LogP contribution in [-0.4, -0.2) is 44.2 Å². The molecule has 8 nitrogen and oxygen atoms in total. The molecule has 3 N–H and O–H groups in total. The summed E-state index contributed by atoms with van der Waals surface area (Å²) in [6.45, 7) is 0. The number of ether oxygens (including phenoxy) is 1. The quantitative estimate of drug-likeness (QED) is 0.621. The van der Waals surface area contributed by atoms with Crippen LogP contribution in [0.1, 0.15) is 19.3 Å². The molecule has 144 valence electrons. The van der Waals surface area contributed by atoms with Crippen molar-refractivity contribution in [2.45, 2.75) is 37.5 Å². The van der Waals surface area contributed by atoms with Crippen molar-refractivity contribution in [2.24, 2.45) is 0 Å². The lowest BCUT2D eigenvalue weighted by Crippen LogP contribution is -2.46. The van der Waals surface area contributed by atoms with E-state index in [0.29, 0.717) is 22.1 Å². The standard InChI is InChI=1S/C18H16ClFN6O2/c19-8-4-9-10(6-22-15(9)21-5-8)16-23-7-11(20)17(26-16)24-12-2-1-3-13-14(12)28-18(27)25-13/h4-7,12-14H,1-3H2,(H,21,22)(H,25,27)(H,23,24,26)/t12-,13?,14-/m0/s1. The van der Waals surface area contributed by atoms with Gasteiger partial charge in [-0.05, 0) is 25.3 Å². The number of amides is 1. The van der Waals surface area contributed by atoms with E-state index in [2.05, 4.69) is 30.6 Å². The molecule has 3 atom stereocenters. The smallest absolute Gasteiger partial charge is 0.407 e. The van der Waals surface area contributed by atoms with Crippen LogP contribution in [0.2, 0.25) is 5.02 Å². The summed E-state index contributed by atoms with van der Waals surface area (Å²) in [7, 11) is 0. The van der Waals surface area contributed by atoms with Gasteiger partial charge in [-0.15, -0.1) is 0 Å². The van der Waals surface area contributed by atoms with Crippen LogP contribution in [0.25, 0.3) is 22.4 Å². The van der Waals surface area contributed by atoms with Crippen LogP contribution in [-0.2, 0) is 4.74 Å². The number of anilines is 1. The lowest BCUT2D eigenvalue weighted by atomic mass is 9.88. The first kappa shape index (κ1) is 17.2. The Kier molecular flexibility index (Phi) is 4.04. The SMILES string of the molecule is O=C1NC2CCC[C@H](Nc3nc(-c4c[nH]c5ncc(Cl)cc45)ncc3F)[C@@H]2O1. The maximum atomic E-state index is 14.4. The summed E-state index contributed by atoms with van der Waals surface area (Å²) in [4.78, 5) is 27.3. The minimum absolute atomic E-state index is 0.0649. The molecule has 1 saturated carbocycles. The Bertz CT molecular complexity index is 1070. The highest BCUT2D eigenvalue weighted by Crippen LogP contribution is 2.31. The molecular weight excluding hydrogens is 387 g/mol. The number of rotatable bonds is 3. The number of H-pyrrole nitrogens is 1. The lowest BCUT2D eigenvalue weighted by molar-refractivity contribution is 0.104. The van der Waals surface area contributed by atoms with Crippen molar-refractivity contribution >= 4 is 34.5 Å². The number of alkyl carbamates (subject to hydrolysis) is 1. The van der Waals surface area contributed by atoms with Crippen LogP contribution in [0, 0.1) is 5.82 Å². The van der Waals surface area contributed by atoms with Crippen molar-refractivity contribution < 1.29 is 13.9 Å². The topological polar surface area (TPSA) is 105 Å². The zero-order valence-corrected chi connectivity index (χ0v) is 15.3. The van der Waals surface area contributed by atoms with Gasteiger partial charge in [-0.2, -0.15) is 0 Å². The second-order valence-corrected chi connectivity index (χ2v) is 7.38. The minimum Gasteiger partial charge on any atom is -0.442 e. The van der Waals surface area contributed by atoms with E-state index in [0.717, 1.165) is 30.8 Å². The number of aromatic amines is 1. The first-order valence-electron chi connectivity index (χ1n) is 8.98. The molecule has 1 aliphatic heterocycles. The number of hydrogen-bond acceptors (Lipinski definition) is 6. The molecule has 5 rings (SSSR count). The van der Waals surface area contributed by atoms with Gasteiger partial charge in [0.25, 0.3) is 0 Å². The van der Waals surface area contributed by atoms with Crippen molar-refractivity contribution in [3.05, 3.63) is 35.5 Å². The molecule has 0 radical (unpaired) electrons. The Morgan fingerprint density at radius 2 is 2.18 bits per heavy atom. The highest BCUT2D eigenvalue weighted by molar-refractivity contribution is 6.31. The molecule has 1 aliphatic carbocycles. The third-order valence-electron chi connectivity index (χ3n) is 5.17. The van der Waals surface area contributed by atoms with E-state index >= 15 is 0 Å². The summed E-state index contributed by atoms with van der Waals surface area (Å²) < 4.78 is 19.8. The van der Waals surface area contributed by atoms with Gasteiger partial charge in [-0.1, -0.05) is 11.6 Å². The van der Waals surface area contributed by atoms with E-state index in [9.17, 15) is 9.18 Å². The Hall–Kier alpha value is -2.94. The molecule has 3 aromatic rings. The second kappa shape index (κ2) is 6.59. The van der Waals surface area contributed by atoms with Crippen molar-refractivity contribution in [1.82, 2.24) is 25.3 Å². The second-order valence-electron chi connectivity index (χ2n) is 6.94. The average molecular weight is 403 g/mol. The summed E-state index contributed by atoms with van der Waals surface area (Å²) >= 11 is 6.05. The van der Waals surface area contributed by atoms with Crippen molar-refractivity contribution in [3.8, 4) is 11.4 Å². The van der Waals surface area contributed by atoms with Gasteiger partial charge in [0, 0.05) is 23.3 Å². The molecule has 4 heterocycles. The summed E-state index contributed by atoms with van der Waals surface area (Å²) in [5, 5.41) is 7.13. The maximum Gasteiger partial charge on any atom is 0.407 e. The largest absolute Gasteiger partial charge is 0.442 e. The molecule has 10 heteroatoms. The predicted octanol–water partition coefficient (Wildman–Crippen LogP) is 3.25. The van der Waals surface area contributed by atoms with Gasteiger partial charge in [0.15, 0.2) is 17.5 Å². The van der Waals surface area contributed by atoms with Crippen LogP contribution < -0.4 is 10.6 Å². The van der Waals surface area contributed by atoms with E-state index in [-0.39, 0.29) is 24.0 Å². The zero-order chi connectivity index (χ0) is 19.3. The van der Waals surface area contributed by atoms with Gasteiger partial charge in [-0.25, -0.2) is 24.1 Å². The fourth-order valence-corrected chi connectivity index (χ4v) is 4.04. The number of nitrogens with one attached hydrogen (secondary N) is 3. The first-order chi connectivity index (χ1) is 13.6. The highest BCUT2D eigenvalue weighted by Gasteiger charge is 2.42. The first-order valence-corrected chi connectivity index (χ1v) is 9.35. The Balaban J connectivity index is 1.47. The monoisotopic (exact) mass is 402 g/mol. The van der Waals surface area contributed by atoms with Gasteiger partial charge in [-0.3, -0.25) is 0 Å². The number of aromatic nitrogens is 4. The fraction of sp³-hybridized carbons (Fsp3) is 0.333. The van der Waals surface area contributed by atoms with Gasteiger partial charge < -0.3 is 20.4 Å². The number of nitrogens with zero attached hydrogens (tertiary/aromatic N) is 3. The molecule has 1 unspecified atom stereocenters. The van der Waals surface area contributed by atoms with Crippen molar-refractivity contribution in [3.63, 3.8) is 0 Å². The van der Waals surface area contributed by atoms with Crippen molar-refractivity contribution in [2.75, 3.05) is 5.32 Å². The van der Waals surface area contributed by atoms with E-state index < -0.39 is 11.9 Å². The van der Waals surface area contributed by atoms with E-state index in [1.807, 2.05) is 0 Å². The minimum atomic E-state index is -0.570. The third-order valence-corrected chi connectivity index (χ3v) is 5.38. The number of carbonyl (C=O) groups is 1. The van der Waals surface area contributed by atoms with E-state index in [1.165, 1.54) is 0 Å². The number of fused-ring (bicyclic) bond motifs is 2. The zero-order valence-electron chi connectivity index (χ0n) is 14.6. The fourth-order valence-electron chi connectivity index (χ4n) is 3.89. The molecule has 0 bridgehead atoms. The Labute approximate surface area is 163 Å². The Morgan fingerprint density at radius 1 is 1.29 bits per heavy atom. The highest BCUT2D eigenvalue weighted by atomic mass is 35.5. The van der Waals surface area contributed by atoms with Crippen LogP contribution in [0.5, 0.6) is 0 Å². The molecule has 2 aliphatic rings. The number of pyridine rings is 1. The average Bonchev–Trinajstić information content (AvgIpc) is 3.26. The molecule has 0 spiro atoms. The molecule has 3 aromatic heterocycles. The summed E-state index contributed by atoms with van der Waals surface area (Å²) in [6.07, 6.45) is 6.08. The number of halogens is 2. The van der Waals surface area contributed by atoms with E-state index in [1.54, 1.807) is 18.5 Å². The van der Waals surface area contributed by atoms with Crippen molar-refractivity contribution in [1.29, 1.82) is 0 Å². The van der Waals surface area contributed by atoms with Gasteiger partial charge in [0.2, 0.25) is 0 Å². The molecule has 1 saturated heterocycles. The van der Waals surface area contributed by atoms with Gasteiger partial charge in [0.05, 0.1) is 23.3 Å². The molecule has 2 fully saturated rings. The summed E-state index contributed by atoms with van der Waals surface area (Å²) in [6, 6.07) is 1.46. The Morgan fingerprint density at radius 3 is 3.07 bits per heavy atom. The normalized spacial score (nSPS) is 23.9. The molecule has 1 amide bonds. The van der Waals surface area contributed by atoms with Gasteiger partial charge >= 0.3 is 6.09 Å². The third kappa shape index (κ3) is 2.91. The van der Waals surface area contributed by atoms with Crippen LogP contribution in [0.15, 0.2) is 24.7 Å². The number of hydrogen-bond donors (Lipinski definition) is 3. The van der Waals surface area contributed by atoms with E-state index in [4.69, 9.17) is 16.3 Å². The maximum absolute atomic E-state index is 14.4. The van der Waals surface area contributed by atoms with Crippen LogP contribution >= 0.6 is 11.6 Å². The molecular formula is C18H16ClFN6O2. The van der Waals surface area contributed by atoms with Gasteiger partial charge in [0.1, 0.15) is 11.8 Å². The predicted molar refractivity (Wildman–Crippen MR) is 101 cm³/mol.